The number of hydrogen-bond donors (Lipinski definition) is 2. The van der Waals surface area contributed by atoms with Gasteiger partial charge in [-0.1, -0.05) is 0 Å². The Morgan fingerprint density at radius 3 is 2.26 bits per heavy atom. The van der Waals surface area contributed by atoms with E-state index in [1.165, 1.54) is 0 Å². The average Bonchev–Trinajstić information content (AvgIpc) is 2.19. The molecule has 0 spiro atoms. The Kier molecular flexibility index (Phi) is 4.19. The second-order valence-corrected chi connectivity index (χ2v) is 5.42. The zero-order valence-electron chi connectivity index (χ0n) is 11.8. The van der Waals surface area contributed by atoms with Gasteiger partial charge in [0, 0.05) is 5.69 Å². The summed E-state index contributed by atoms with van der Waals surface area (Å²) in [7, 11) is 0. The molecule has 5 nitrogen and oxygen atoms in total. The molecule has 0 fully saturated rings. The van der Waals surface area contributed by atoms with E-state index in [4.69, 9.17) is 9.84 Å². The van der Waals surface area contributed by atoms with Gasteiger partial charge in [-0.05, 0) is 57.9 Å². The van der Waals surface area contributed by atoms with Gasteiger partial charge in [-0.3, -0.25) is 5.32 Å². The maximum atomic E-state index is 11.7. The van der Waals surface area contributed by atoms with Gasteiger partial charge in [0.05, 0.1) is 5.56 Å². The monoisotopic (exact) mass is 265 g/mol. The molecule has 1 rings (SSSR count). The summed E-state index contributed by atoms with van der Waals surface area (Å²) in [6.45, 7) is 8.71. The van der Waals surface area contributed by atoms with Gasteiger partial charge in [0.2, 0.25) is 0 Å². The van der Waals surface area contributed by atoms with Crippen LogP contribution in [0.25, 0.3) is 0 Å². The van der Waals surface area contributed by atoms with Gasteiger partial charge in [0.1, 0.15) is 5.60 Å². The van der Waals surface area contributed by atoms with E-state index in [2.05, 4.69) is 5.32 Å². The van der Waals surface area contributed by atoms with Crippen LogP contribution >= 0.6 is 0 Å². The predicted molar refractivity (Wildman–Crippen MR) is 72.7 cm³/mol. The highest BCUT2D eigenvalue weighted by atomic mass is 16.6. The number of carboxylic acid groups (broad SMARTS) is 1. The van der Waals surface area contributed by atoms with Crippen LogP contribution in [0.5, 0.6) is 0 Å². The molecule has 0 saturated carbocycles. The van der Waals surface area contributed by atoms with E-state index in [1.807, 2.05) is 0 Å². The number of ether oxygens (including phenoxy) is 1. The molecule has 0 bridgehead atoms. The molecule has 0 heterocycles. The smallest absolute Gasteiger partial charge is 0.412 e. The predicted octanol–water partition coefficient (Wildman–Crippen LogP) is 3.35. The normalized spacial score (nSPS) is 11.0. The third kappa shape index (κ3) is 4.28. The van der Waals surface area contributed by atoms with E-state index < -0.39 is 17.7 Å². The van der Waals surface area contributed by atoms with Gasteiger partial charge in [0.15, 0.2) is 0 Å². The molecule has 0 aliphatic heterocycles. The van der Waals surface area contributed by atoms with Crippen LogP contribution in [0.2, 0.25) is 0 Å². The summed E-state index contributed by atoms with van der Waals surface area (Å²) >= 11 is 0. The maximum absolute atomic E-state index is 11.7. The highest BCUT2D eigenvalue weighted by molar-refractivity contribution is 5.94. The molecule has 0 radical (unpaired) electrons. The lowest BCUT2D eigenvalue weighted by molar-refractivity contribution is 0.0632. The Bertz CT molecular complexity index is 515. The first kappa shape index (κ1) is 15.0. The number of rotatable bonds is 2. The van der Waals surface area contributed by atoms with Crippen LogP contribution in [-0.4, -0.2) is 22.8 Å². The zero-order chi connectivity index (χ0) is 14.8. The Morgan fingerprint density at radius 2 is 1.79 bits per heavy atom. The molecule has 0 unspecified atom stereocenters. The van der Waals surface area contributed by atoms with Crippen LogP contribution in [0.4, 0.5) is 10.5 Å². The number of anilines is 1. The summed E-state index contributed by atoms with van der Waals surface area (Å²) in [6.07, 6.45) is -0.600. The van der Waals surface area contributed by atoms with Crippen LogP contribution in [0, 0.1) is 13.8 Å². The number of carbonyl (C=O) groups is 2. The van der Waals surface area contributed by atoms with E-state index in [0.29, 0.717) is 11.3 Å². The Hall–Kier alpha value is -2.04. The summed E-state index contributed by atoms with van der Waals surface area (Å²) < 4.78 is 5.14. The minimum absolute atomic E-state index is 0.172. The van der Waals surface area contributed by atoms with E-state index in [9.17, 15) is 9.59 Å². The van der Waals surface area contributed by atoms with E-state index in [0.717, 1.165) is 5.56 Å². The zero-order valence-corrected chi connectivity index (χ0v) is 11.8. The molecule has 0 atom stereocenters. The molecular weight excluding hydrogens is 246 g/mol. The van der Waals surface area contributed by atoms with Gasteiger partial charge in [0.25, 0.3) is 0 Å². The topological polar surface area (TPSA) is 75.6 Å². The van der Waals surface area contributed by atoms with Crippen molar-refractivity contribution in [3.63, 3.8) is 0 Å². The molecule has 0 saturated heterocycles. The highest BCUT2D eigenvalue weighted by Crippen LogP contribution is 2.22. The van der Waals surface area contributed by atoms with Crippen molar-refractivity contribution in [3.8, 4) is 0 Å². The first-order chi connectivity index (χ1) is 8.60. The second kappa shape index (κ2) is 5.30. The van der Waals surface area contributed by atoms with Crippen LogP contribution in [0.15, 0.2) is 12.1 Å². The van der Waals surface area contributed by atoms with Crippen LogP contribution in [0.1, 0.15) is 42.3 Å². The molecule has 1 amide bonds. The summed E-state index contributed by atoms with van der Waals surface area (Å²) in [6, 6.07) is 3.28. The first-order valence-electron chi connectivity index (χ1n) is 5.94. The quantitative estimate of drug-likeness (QED) is 0.859. The lowest BCUT2D eigenvalue weighted by Crippen LogP contribution is -2.27. The Balaban J connectivity index is 3.02. The lowest BCUT2D eigenvalue weighted by atomic mass is 10.0. The van der Waals surface area contributed by atoms with Gasteiger partial charge >= 0.3 is 12.1 Å². The molecule has 19 heavy (non-hydrogen) atoms. The van der Waals surface area contributed by atoms with Crippen molar-refractivity contribution >= 4 is 17.7 Å². The summed E-state index contributed by atoms with van der Waals surface area (Å²) in [4.78, 5) is 22.8. The van der Waals surface area contributed by atoms with Crippen molar-refractivity contribution in [2.24, 2.45) is 0 Å². The summed E-state index contributed by atoms with van der Waals surface area (Å²) in [5.41, 5.74) is 1.29. The Morgan fingerprint density at radius 1 is 1.21 bits per heavy atom. The molecule has 1 aromatic rings. The molecule has 104 valence electrons. The van der Waals surface area contributed by atoms with Gasteiger partial charge in [-0.25, -0.2) is 9.59 Å². The summed E-state index contributed by atoms with van der Waals surface area (Å²) in [5, 5.41) is 11.7. The number of amides is 1. The maximum Gasteiger partial charge on any atom is 0.412 e. The first-order valence-corrected chi connectivity index (χ1v) is 5.94. The molecule has 0 aliphatic rings. The van der Waals surface area contributed by atoms with E-state index in [-0.39, 0.29) is 5.56 Å². The number of carboxylic acids is 1. The molecule has 2 N–H and O–H groups in total. The number of hydrogen-bond acceptors (Lipinski definition) is 3. The number of aryl methyl sites for hydroxylation is 1. The molecule has 0 aliphatic carbocycles. The van der Waals surface area contributed by atoms with Crippen molar-refractivity contribution in [3.05, 3.63) is 28.8 Å². The molecular formula is C14H19NO4. The summed E-state index contributed by atoms with van der Waals surface area (Å²) in [5.74, 6) is -1.02. The van der Waals surface area contributed by atoms with Crippen molar-refractivity contribution in [1.82, 2.24) is 0 Å². The van der Waals surface area contributed by atoms with Gasteiger partial charge < -0.3 is 9.84 Å². The Labute approximate surface area is 112 Å². The standard InChI is InChI=1S/C14H19NO4/c1-8-6-10(12(16)17)9(2)11(7-8)15-13(18)19-14(3,4)5/h6-7H,1-5H3,(H,15,18)(H,16,17). The van der Waals surface area contributed by atoms with E-state index >= 15 is 0 Å². The largest absolute Gasteiger partial charge is 0.478 e. The van der Waals surface area contributed by atoms with E-state index in [1.54, 1.807) is 46.8 Å². The molecule has 5 heteroatoms. The minimum atomic E-state index is -1.02. The molecule has 1 aromatic carbocycles. The van der Waals surface area contributed by atoms with Gasteiger partial charge in [-0.2, -0.15) is 0 Å². The number of benzene rings is 1. The highest BCUT2D eigenvalue weighted by Gasteiger charge is 2.18. The lowest BCUT2D eigenvalue weighted by Gasteiger charge is -2.20. The van der Waals surface area contributed by atoms with Crippen molar-refractivity contribution in [2.75, 3.05) is 5.32 Å². The van der Waals surface area contributed by atoms with Crippen LogP contribution < -0.4 is 5.32 Å². The average molecular weight is 265 g/mol. The fraction of sp³-hybridized carbons (Fsp3) is 0.429. The van der Waals surface area contributed by atoms with Crippen molar-refractivity contribution < 1.29 is 19.4 Å². The van der Waals surface area contributed by atoms with Crippen LogP contribution in [-0.2, 0) is 4.74 Å². The minimum Gasteiger partial charge on any atom is -0.478 e. The fourth-order valence-corrected chi connectivity index (χ4v) is 1.62. The van der Waals surface area contributed by atoms with Crippen molar-refractivity contribution in [1.29, 1.82) is 0 Å². The SMILES string of the molecule is Cc1cc(NC(=O)OC(C)(C)C)c(C)c(C(=O)O)c1. The molecule has 0 aromatic heterocycles. The second-order valence-electron chi connectivity index (χ2n) is 5.42. The number of carbonyl (C=O) groups excluding carboxylic acids is 1. The number of aromatic carboxylic acids is 1. The third-order valence-electron chi connectivity index (χ3n) is 2.42. The third-order valence-corrected chi connectivity index (χ3v) is 2.42. The number of nitrogens with one attached hydrogen (secondary N) is 1. The van der Waals surface area contributed by atoms with Crippen LogP contribution in [0.3, 0.4) is 0 Å². The van der Waals surface area contributed by atoms with Gasteiger partial charge in [-0.15, -0.1) is 0 Å². The fourth-order valence-electron chi connectivity index (χ4n) is 1.62. The van der Waals surface area contributed by atoms with Crippen molar-refractivity contribution in [2.45, 2.75) is 40.2 Å².